The first-order valence-corrected chi connectivity index (χ1v) is 7.80. The Bertz CT molecular complexity index is 620. The third kappa shape index (κ3) is 5.61. The van der Waals surface area contributed by atoms with E-state index in [1.165, 1.54) is 6.07 Å². The monoisotopic (exact) mass is 358 g/mol. The van der Waals surface area contributed by atoms with Crippen molar-refractivity contribution in [1.82, 2.24) is 16.1 Å². The third-order valence-electron chi connectivity index (χ3n) is 3.11. The van der Waals surface area contributed by atoms with E-state index in [1.807, 2.05) is 0 Å². The Balaban J connectivity index is 1.66. The fourth-order valence-corrected chi connectivity index (χ4v) is 2.16. The van der Waals surface area contributed by atoms with Crippen LogP contribution < -0.4 is 21.5 Å². The van der Waals surface area contributed by atoms with Gasteiger partial charge in [-0.3, -0.25) is 25.2 Å². The third-order valence-corrected chi connectivity index (χ3v) is 3.65. The van der Waals surface area contributed by atoms with Crippen molar-refractivity contribution in [2.75, 3.05) is 18.5 Å². The summed E-state index contributed by atoms with van der Waals surface area (Å²) in [7, 11) is 0. The van der Waals surface area contributed by atoms with Crippen LogP contribution in [0.5, 0.6) is 0 Å². The zero-order valence-corrected chi connectivity index (χ0v) is 13.6. The zero-order valence-electron chi connectivity index (χ0n) is 12.1. The lowest BCUT2D eigenvalue weighted by molar-refractivity contribution is -0.138. The van der Waals surface area contributed by atoms with E-state index in [0.29, 0.717) is 15.7 Å². The molecule has 3 amide bonds. The molecule has 0 aromatic heterocycles. The molecule has 124 valence electrons. The van der Waals surface area contributed by atoms with Crippen LogP contribution in [0.3, 0.4) is 0 Å². The zero-order chi connectivity index (χ0) is 16.8. The Labute approximate surface area is 143 Å². The number of hydrogen-bond acceptors (Lipinski definition) is 4. The van der Waals surface area contributed by atoms with Gasteiger partial charge >= 0.3 is 11.8 Å². The molecule has 23 heavy (non-hydrogen) atoms. The van der Waals surface area contributed by atoms with Crippen molar-refractivity contribution in [3.05, 3.63) is 28.2 Å². The standard InChI is InChI=1S/C14H16Cl2N4O3/c15-9-3-4-11(10(16)7-9)19-20-14(23)13(22)18-6-5-17-12(21)8-1-2-8/h3-4,7-8,19H,1-2,5-6H2,(H,17,21)(H,18,22)(H,20,23). The molecular weight excluding hydrogens is 343 g/mol. The number of carbonyl (C=O) groups excluding carboxylic acids is 3. The van der Waals surface area contributed by atoms with Crippen molar-refractivity contribution in [3.63, 3.8) is 0 Å². The van der Waals surface area contributed by atoms with Gasteiger partial charge in [-0.15, -0.1) is 0 Å². The minimum Gasteiger partial charge on any atom is -0.354 e. The van der Waals surface area contributed by atoms with E-state index >= 15 is 0 Å². The maximum absolute atomic E-state index is 11.6. The first-order chi connectivity index (χ1) is 11.0. The van der Waals surface area contributed by atoms with Gasteiger partial charge in [-0.2, -0.15) is 0 Å². The fourth-order valence-electron chi connectivity index (χ4n) is 1.70. The molecule has 1 aromatic rings. The van der Waals surface area contributed by atoms with E-state index in [9.17, 15) is 14.4 Å². The van der Waals surface area contributed by atoms with E-state index in [-0.39, 0.29) is 24.9 Å². The van der Waals surface area contributed by atoms with Crippen LogP contribution in [0, 0.1) is 5.92 Å². The predicted molar refractivity (Wildman–Crippen MR) is 87.0 cm³/mol. The molecule has 2 rings (SSSR count). The molecule has 1 aliphatic rings. The second kappa shape index (κ2) is 8.03. The van der Waals surface area contributed by atoms with Crippen LogP contribution >= 0.6 is 23.2 Å². The van der Waals surface area contributed by atoms with E-state index in [2.05, 4.69) is 21.5 Å². The number of hydrogen-bond donors (Lipinski definition) is 4. The number of rotatable bonds is 6. The molecule has 0 atom stereocenters. The molecule has 0 aliphatic heterocycles. The predicted octanol–water partition coefficient (Wildman–Crippen LogP) is 1.08. The van der Waals surface area contributed by atoms with Gasteiger partial charge < -0.3 is 10.6 Å². The highest BCUT2D eigenvalue weighted by Crippen LogP contribution is 2.28. The molecule has 1 fully saturated rings. The van der Waals surface area contributed by atoms with Crippen molar-refractivity contribution in [2.45, 2.75) is 12.8 Å². The van der Waals surface area contributed by atoms with E-state index in [0.717, 1.165) is 12.8 Å². The van der Waals surface area contributed by atoms with Crippen molar-refractivity contribution < 1.29 is 14.4 Å². The number of benzene rings is 1. The highest BCUT2D eigenvalue weighted by molar-refractivity contribution is 6.37. The number of halogens is 2. The molecule has 1 aliphatic carbocycles. The average Bonchev–Trinajstić information content (AvgIpc) is 3.34. The highest BCUT2D eigenvalue weighted by Gasteiger charge is 2.29. The summed E-state index contributed by atoms with van der Waals surface area (Å²) in [5, 5.41) is 5.84. The molecule has 1 aromatic carbocycles. The molecular formula is C14H16Cl2N4O3. The SMILES string of the molecule is O=C(NCCNC(=O)C1CC1)C(=O)NNc1ccc(Cl)cc1Cl. The first kappa shape index (κ1) is 17.4. The van der Waals surface area contributed by atoms with Crippen LogP contribution in [0.1, 0.15) is 12.8 Å². The Morgan fingerprint density at radius 1 is 1.04 bits per heavy atom. The summed E-state index contributed by atoms with van der Waals surface area (Å²) in [5.41, 5.74) is 5.16. The Morgan fingerprint density at radius 2 is 1.74 bits per heavy atom. The highest BCUT2D eigenvalue weighted by atomic mass is 35.5. The summed E-state index contributed by atoms with van der Waals surface area (Å²) in [4.78, 5) is 34.5. The summed E-state index contributed by atoms with van der Waals surface area (Å²) >= 11 is 11.7. The van der Waals surface area contributed by atoms with Crippen LogP contribution in [0.2, 0.25) is 10.0 Å². The van der Waals surface area contributed by atoms with Crippen LogP contribution in [0.15, 0.2) is 18.2 Å². The summed E-state index contributed by atoms with van der Waals surface area (Å²) in [6.45, 7) is 0.456. The van der Waals surface area contributed by atoms with Crippen molar-refractivity contribution in [2.24, 2.45) is 5.92 Å². The second-order valence-electron chi connectivity index (χ2n) is 5.02. The van der Waals surface area contributed by atoms with Gasteiger partial charge in [-0.25, -0.2) is 0 Å². The minimum atomic E-state index is -0.871. The van der Waals surface area contributed by atoms with Crippen molar-refractivity contribution in [3.8, 4) is 0 Å². The van der Waals surface area contributed by atoms with Crippen molar-refractivity contribution >= 4 is 46.6 Å². The molecule has 0 unspecified atom stereocenters. The molecule has 4 N–H and O–H groups in total. The second-order valence-corrected chi connectivity index (χ2v) is 5.87. The lowest BCUT2D eigenvalue weighted by atomic mass is 10.3. The first-order valence-electron chi connectivity index (χ1n) is 7.04. The Morgan fingerprint density at radius 3 is 2.39 bits per heavy atom. The van der Waals surface area contributed by atoms with E-state index < -0.39 is 11.8 Å². The number of amides is 3. The van der Waals surface area contributed by atoms with Crippen LogP contribution in [0.4, 0.5) is 5.69 Å². The van der Waals surface area contributed by atoms with Gasteiger partial charge in [0, 0.05) is 24.0 Å². The molecule has 0 radical (unpaired) electrons. The lowest BCUT2D eigenvalue weighted by Gasteiger charge is -2.10. The summed E-state index contributed by atoms with van der Waals surface area (Å²) in [6.07, 6.45) is 1.83. The number of anilines is 1. The maximum atomic E-state index is 11.6. The van der Waals surface area contributed by atoms with Crippen LogP contribution in [-0.4, -0.2) is 30.8 Å². The van der Waals surface area contributed by atoms with Crippen molar-refractivity contribution in [1.29, 1.82) is 0 Å². The largest absolute Gasteiger partial charge is 0.354 e. The normalized spacial score (nSPS) is 13.1. The van der Waals surface area contributed by atoms with Gasteiger partial charge in [0.25, 0.3) is 0 Å². The van der Waals surface area contributed by atoms with E-state index in [4.69, 9.17) is 23.2 Å². The quantitative estimate of drug-likeness (QED) is 0.347. The van der Waals surface area contributed by atoms with Gasteiger partial charge in [-0.1, -0.05) is 23.2 Å². The summed E-state index contributed by atoms with van der Waals surface area (Å²) in [5.74, 6) is -1.59. The minimum absolute atomic E-state index is 0.0113. The number of hydrazine groups is 1. The summed E-state index contributed by atoms with van der Waals surface area (Å²) < 4.78 is 0. The van der Waals surface area contributed by atoms with Gasteiger partial charge in [0.15, 0.2) is 0 Å². The van der Waals surface area contributed by atoms with E-state index in [1.54, 1.807) is 12.1 Å². The molecule has 0 spiro atoms. The molecule has 0 saturated heterocycles. The number of carbonyl (C=O) groups is 3. The smallest absolute Gasteiger partial charge is 0.327 e. The fraction of sp³-hybridized carbons (Fsp3) is 0.357. The average molecular weight is 359 g/mol. The molecule has 1 saturated carbocycles. The van der Waals surface area contributed by atoms with Gasteiger partial charge in [-0.05, 0) is 31.0 Å². The lowest BCUT2D eigenvalue weighted by Crippen LogP contribution is -2.44. The molecule has 0 heterocycles. The molecule has 0 bridgehead atoms. The van der Waals surface area contributed by atoms with Crippen LogP contribution in [0.25, 0.3) is 0 Å². The van der Waals surface area contributed by atoms with Gasteiger partial charge in [0.2, 0.25) is 5.91 Å². The molecule has 7 nitrogen and oxygen atoms in total. The summed E-state index contributed by atoms with van der Waals surface area (Å²) in [6, 6.07) is 4.65. The maximum Gasteiger partial charge on any atom is 0.327 e. The Hall–Kier alpha value is -1.99. The Kier molecular flexibility index (Phi) is 6.06. The number of nitrogens with one attached hydrogen (secondary N) is 4. The topological polar surface area (TPSA) is 99.3 Å². The van der Waals surface area contributed by atoms with Gasteiger partial charge in [0.1, 0.15) is 0 Å². The van der Waals surface area contributed by atoms with Gasteiger partial charge in [0.05, 0.1) is 10.7 Å². The molecule has 9 heteroatoms. The van der Waals surface area contributed by atoms with Crippen LogP contribution in [-0.2, 0) is 14.4 Å².